The molecule has 8 heteroatoms. The second kappa shape index (κ2) is 5.12. The number of alkyl halides is 3. The van der Waals surface area contributed by atoms with Gasteiger partial charge in [0.15, 0.2) is 0 Å². The summed E-state index contributed by atoms with van der Waals surface area (Å²) in [4.78, 5) is 23.6. The van der Waals surface area contributed by atoms with Gasteiger partial charge in [0.2, 0.25) is 0 Å². The van der Waals surface area contributed by atoms with Crippen molar-refractivity contribution in [2.75, 3.05) is 11.4 Å². The van der Waals surface area contributed by atoms with Crippen LogP contribution in [0, 0.1) is 0 Å². The summed E-state index contributed by atoms with van der Waals surface area (Å²) < 4.78 is 38.1. The third kappa shape index (κ3) is 2.83. The van der Waals surface area contributed by atoms with Crippen LogP contribution in [-0.4, -0.2) is 18.5 Å². The van der Waals surface area contributed by atoms with Gasteiger partial charge in [-0.15, -0.1) is 0 Å². The Morgan fingerprint density at radius 1 is 1.38 bits per heavy atom. The first-order valence-electron chi connectivity index (χ1n) is 5.88. The maximum Gasteiger partial charge on any atom is 0.416 e. The van der Waals surface area contributed by atoms with E-state index in [1.807, 2.05) is 0 Å². The summed E-state index contributed by atoms with van der Waals surface area (Å²) >= 11 is 0. The zero-order valence-corrected chi connectivity index (χ0v) is 10.8. The van der Waals surface area contributed by atoms with E-state index in [1.165, 1.54) is 13.0 Å². The summed E-state index contributed by atoms with van der Waals surface area (Å²) in [6, 6.07) is 3.38. The highest BCUT2D eigenvalue weighted by Gasteiger charge is 2.32. The lowest BCUT2D eigenvalue weighted by molar-refractivity contribution is -0.299. The van der Waals surface area contributed by atoms with Crippen LogP contribution in [-0.2, 0) is 11.0 Å². The zero-order valence-electron chi connectivity index (χ0n) is 10.8. The number of nitrogens with one attached hydrogen (secondary N) is 1. The van der Waals surface area contributed by atoms with Crippen LogP contribution in [0.3, 0.4) is 0 Å². The van der Waals surface area contributed by atoms with Gasteiger partial charge in [-0.05, 0) is 25.1 Å². The van der Waals surface area contributed by atoms with E-state index in [9.17, 15) is 27.9 Å². The fourth-order valence-electron chi connectivity index (χ4n) is 2.01. The Hall–Kier alpha value is -2.51. The molecule has 0 spiro atoms. The van der Waals surface area contributed by atoms with Crippen molar-refractivity contribution >= 4 is 17.7 Å². The summed E-state index contributed by atoms with van der Waals surface area (Å²) in [5.41, 5.74) is -1.16. The van der Waals surface area contributed by atoms with Crippen molar-refractivity contribution in [2.45, 2.75) is 13.1 Å². The fraction of sp³-hybridized carbons (Fsp3) is 0.231. The molecule has 0 bridgehead atoms. The molecule has 0 aliphatic carbocycles. The quantitative estimate of drug-likeness (QED) is 0.893. The van der Waals surface area contributed by atoms with E-state index < -0.39 is 23.7 Å². The average molecular weight is 299 g/mol. The van der Waals surface area contributed by atoms with Crippen molar-refractivity contribution in [3.8, 4) is 0 Å². The number of carboxylic acids is 1. The third-order valence-corrected chi connectivity index (χ3v) is 3.07. The Morgan fingerprint density at radius 3 is 2.62 bits per heavy atom. The van der Waals surface area contributed by atoms with Crippen molar-refractivity contribution < 1.29 is 27.9 Å². The molecule has 1 heterocycles. The monoisotopic (exact) mass is 299 g/mol. The first kappa shape index (κ1) is 14.9. The number of carbonyl (C=O) groups excluding carboxylic acids is 2. The Balaban J connectivity index is 2.51. The molecular formula is C13H10F3N2O3-. The van der Waals surface area contributed by atoms with Crippen molar-refractivity contribution in [1.82, 2.24) is 5.32 Å². The number of hydrogen-bond acceptors (Lipinski definition) is 3. The zero-order chi connectivity index (χ0) is 15.8. The number of halogens is 3. The van der Waals surface area contributed by atoms with Crippen LogP contribution in [0.25, 0.3) is 0 Å². The van der Waals surface area contributed by atoms with Gasteiger partial charge >= 0.3 is 12.2 Å². The fourth-order valence-corrected chi connectivity index (χ4v) is 2.01. The number of anilines is 1. The highest BCUT2D eigenvalue weighted by molar-refractivity contribution is 6.01. The number of benzene rings is 1. The van der Waals surface area contributed by atoms with Crippen LogP contribution in [0.15, 0.2) is 35.5 Å². The minimum absolute atomic E-state index is 0.0260. The highest BCUT2D eigenvalue weighted by Crippen LogP contribution is 2.33. The molecule has 1 aromatic rings. The largest absolute Gasteiger partial charge is 0.545 e. The van der Waals surface area contributed by atoms with Crippen molar-refractivity contribution in [3.05, 3.63) is 41.1 Å². The molecule has 112 valence electrons. The Morgan fingerprint density at radius 2 is 2.05 bits per heavy atom. The lowest BCUT2D eigenvalue weighted by Gasteiger charge is -2.31. The SMILES string of the molecule is CC1=C(C(=O)[O-])CNC(=O)N1c1cccc(C(F)(F)F)c1. The smallest absolute Gasteiger partial charge is 0.416 e. The molecule has 1 aliphatic rings. The van der Waals surface area contributed by atoms with E-state index in [1.54, 1.807) is 0 Å². The molecule has 5 nitrogen and oxygen atoms in total. The lowest BCUT2D eigenvalue weighted by Crippen LogP contribution is -2.48. The lowest BCUT2D eigenvalue weighted by atomic mass is 10.1. The van der Waals surface area contributed by atoms with Crippen LogP contribution in [0.5, 0.6) is 0 Å². The van der Waals surface area contributed by atoms with E-state index in [4.69, 9.17) is 0 Å². The Bertz CT molecular complexity index is 638. The van der Waals surface area contributed by atoms with Gasteiger partial charge in [0.1, 0.15) is 0 Å². The van der Waals surface area contributed by atoms with Gasteiger partial charge in [0.05, 0.1) is 17.2 Å². The molecule has 1 aromatic carbocycles. The number of nitrogens with zero attached hydrogens (tertiary/aromatic N) is 1. The summed E-state index contributed by atoms with van der Waals surface area (Å²) in [6.07, 6.45) is -4.56. The van der Waals surface area contributed by atoms with Crippen LogP contribution in [0.4, 0.5) is 23.7 Å². The molecule has 0 saturated carbocycles. The number of aliphatic carboxylic acids is 1. The molecule has 0 aromatic heterocycles. The number of amides is 2. The number of carboxylic acid groups (broad SMARTS) is 1. The van der Waals surface area contributed by atoms with E-state index >= 15 is 0 Å². The van der Waals surface area contributed by atoms with Crippen molar-refractivity contribution in [3.63, 3.8) is 0 Å². The summed E-state index contributed by atoms with van der Waals surface area (Å²) in [5.74, 6) is -1.48. The first-order chi connectivity index (χ1) is 9.71. The minimum Gasteiger partial charge on any atom is -0.545 e. The van der Waals surface area contributed by atoms with Crippen LogP contribution in [0.1, 0.15) is 12.5 Å². The maximum atomic E-state index is 12.7. The van der Waals surface area contributed by atoms with Gasteiger partial charge < -0.3 is 15.2 Å². The van der Waals surface area contributed by atoms with E-state index in [-0.39, 0.29) is 23.5 Å². The normalized spacial score (nSPS) is 16.0. The van der Waals surface area contributed by atoms with E-state index in [0.717, 1.165) is 23.1 Å². The standard InChI is InChI=1S/C13H11F3N2O3/c1-7-10(11(19)20)6-17-12(21)18(7)9-4-2-3-8(5-9)13(14,15)16/h2-5H,6H2,1H3,(H,17,21)(H,19,20)/p-1. The molecule has 0 atom stereocenters. The average Bonchev–Trinajstić information content (AvgIpc) is 2.37. The van der Waals surface area contributed by atoms with Gasteiger partial charge in [-0.25, -0.2) is 4.79 Å². The summed E-state index contributed by atoms with van der Waals surface area (Å²) in [6.45, 7) is 1.10. The van der Waals surface area contributed by atoms with Gasteiger partial charge in [-0.1, -0.05) is 6.07 Å². The molecule has 0 saturated heterocycles. The van der Waals surface area contributed by atoms with Gasteiger partial charge in [-0.3, -0.25) is 4.90 Å². The molecule has 1 aliphatic heterocycles. The molecule has 0 fully saturated rings. The number of hydrogen-bond donors (Lipinski definition) is 1. The van der Waals surface area contributed by atoms with E-state index in [2.05, 4.69) is 5.32 Å². The van der Waals surface area contributed by atoms with Gasteiger partial charge in [0, 0.05) is 17.8 Å². The second-order valence-electron chi connectivity index (χ2n) is 4.39. The van der Waals surface area contributed by atoms with Crippen molar-refractivity contribution in [1.29, 1.82) is 0 Å². The Labute approximate surface area is 117 Å². The molecule has 2 rings (SSSR count). The predicted molar refractivity (Wildman–Crippen MR) is 65.0 cm³/mol. The highest BCUT2D eigenvalue weighted by atomic mass is 19.4. The minimum atomic E-state index is -4.56. The maximum absolute atomic E-state index is 12.7. The first-order valence-corrected chi connectivity index (χ1v) is 5.88. The topological polar surface area (TPSA) is 72.5 Å². The van der Waals surface area contributed by atoms with E-state index in [0.29, 0.717) is 0 Å². The number of urea groups is 1. The van der Waals surface area contributed by atoms with Gasteiger partial charge in [-0.2, -0.15) is 13.2 Å². The van der Waals surface area contributed by atoms with Crippen LogP contribution in [0.2, 0.25) is 0 Å². The number of rotatable bonds is 2. The summed E-state index contributed by atoms with van der Waals surface area (Å²) in [7, 11) is 0. The Kier molecular flexibility index (Phi) is 3.63. The third-order valence-electron chi connectivity index (χ3n) is 3.07. The number of carbonyl (C=O) groups is 2. The molecule has 0 unspecified atom stereocenters. The molecule has 2 amide bonds. The van der Waals surface area contributed by atoms with Crippen molar-refractivity contribution in [2.24, 2.45) is 0 Å². The van der Waals surface area contributed by atoms with Gasteiger partial charge in [0.25, 0.3) is 0 Å². The summed E-state index contributed by atoms with van der Waals surface area (Å²) in [5, 5.41) is 13.2. The predicted octanol–water partition coefficient (Wildman–Crippen LogP) is 1.26. The molecular weight excluding hydrogens is 289 g/mol. The molecule has 1 N–H and O–H groups in total. The second-order valence-corrected chi connectivity index (χ2v) is 4.39. The number of allylic oxidation sites excluding steroid dienone is 1. The molecule has 0 radical (unpaired) electrons. The van der Waals surface area contributed by atoms with Crippen LogP contribution < -0.4 is 15.3 Å². The molecule has 21 heavy (non-hydrogen) atoms. The van der Waals surface area contributed by atoms with Crippen LogP contribution >= 0.6 is 0 Å².